The molecule has 0 amide bonds. The molecule has 1 fully saturated rings. The number of hydrogen-bond acceptors (Lipinski definition) is 3. The minimum absolute atomic E-state index is 0.384. The van der Waals surface area contributed by atoms with E-state index in [1.807, 2.05) is 91.0 Å². The summed E-state index contributed by atoms with van der Waals surface area (Å²) >= 11 is 0. The van der Waals surface area contributed by atoms with Crippen molar-refractivity contribution in [1.82, 2.24) is 4.90 Å². The summed E-state index contributed by atoms with van der Waals surface area (Å²) in [4.78, 5) is 14.3. The van der Waals surface area contributed by atoms with Crippen LogP contribution in [0.2, 0.25) is 0 Å². The second-order valence-electron chi connectivity index (χ2n) is 6.97. The zero-order chi connectivity index (χ0) is 19.6. The monoisotopic (exact) mass is 375 g/mol. The number of hydrogen-bond donors (Lipinski definition) is 0. The number of nitrogens with zero attached hydrogens (tertiary/aromatic N) is 1. The Morgan fingerprint density at radius 2 is 1.39 bits per heavy atom. The molecular weight excluding hydrogens is 353 g/mol. The highest BCUT2D eigenvalue weighted by Crippen LogP contribution is 2.57. The van der Waals surface area contributed by atoms with E-state index < -0.39 is 23.8 Å². The van der Waals surface area contributed by atoms with E-state index in [0.717, 1.165) is 16.7 Å². The molecule has 0 bridgehead atoms. The molecule has 0 N–H and O–H groups in total. The summed E-state index contributed by atoms with van der Waals surface area (Å²) in [6, 6.07) is 28.0. The SMILES string of the molecule is COC(=O)C(Cc1ccccc1)N1C(F)C1(c1ccccc1)c1ccccc1. The van der Waals surface area contributed by atoms with Crippen molar-refractivity contribution in [3.8, 4) is 0 Å². The molecule has 28 heavy (non-hydrogen) atoms. The van der Waals surface area contributed by atoms with Gasteiger partial charge in [0.05, 0.1) is 7.11 Å². The summed E-state index contributed by atoms with van der Waals surface area (Å²) in [7, 11) is 1.35. The molecule has 1 heterocycles. The molecule has 0 aromatic heterocycles. The summed E-state index contributed by atoms with van der Waals surface area (Å²) in [6.45, 7) is 0. The molecule has 142 valence electrons. The van der Waals surface area contributed by atoms with Crippen LogP contribution in [0.25, 0.3) is 0 Å². The molecule has 4 heteroatoms. The van der Waals surface area contributed by atoms with Crippen molar-refractivity contribution >= 4 is 5.97 Å². The first-order valence-corrected chi connectivity index (χ1v) is 9.35. The molecule has 0 saturated carbocycles. The van der Waals surface area contributed by atoms with Gasteiger partial charge in [0.2, 0.25) is 0 Å². The number of alkyl halides is 1. The maximum absolute atomic E-state index is 15.6. The largest absolute Gasteiger partial charge is 0.468 e. The van der Waals surface area contributed by atoms with Gasteiger partial charge in [-0.05, 0) is 23.1 Å². The number of methoxy groups -OCH3 is 1. The molecule has 0 spiro atoms. The van der Waals surface area contributed by atoms with Crippen molar-refractivity contribution in [2.24, 2.45) is 0 Å². The molecule has 0 aliphatic carbocycles. The first-order valence-electron chi connectivity index (χ1n) is 9.35. The van der Waals surface area contributed by atoms with E-state index in [9.17, 15) is 4.79 Å². The highest BCUT2D eigenvalue weighted by Gasteiger charge is 2.69. The van der Waals surface area contributed by atoms with Crippen molar-refractivity contribution in [3.63, 3.8) is 0 Å². The fourth-order valence-corrected chi connectivity index (χ4v) is 4.07. The zero-order valence-corrected chi connectivity index (χ0v) is 15.7. The van der Waals surface area contributed by atoms with Crippen LogP contribution < -0.4 is 0 Å². The molecule has 3 aromatic rings. The molecule has 1 saturated heterocycles. The summed E-state index contributed by atoms with van der Waals surface area (Å²) in [5, 5.41) is 0. The highest BCUT2D eigenvalue weighted by molar-refractivity contribution is 5.77. The number of carbonyl (C=O) groups excluding carboxylic acids is 1. The molecule has 3 atom stereocenters. The predicted octanol–water partition coefficient (Wildman–Crippen LogP) is 4.33. The molecule has 3 nitrogen and oxygen atoms in total. The molecule has 0 radical (unpaired) electrons. The van der Waals surface area contributed by atoms with Crippen molar-refractivity contribution in [2.45, 2.75) is 24.3 Å². The van der Waals surface area contributed by atoms with Crippen LogP contribution in [0, 0.1) is 0 Å². The normalized spacial score (nSPS) is 20.9. The van der Waals surface area contributed by atoms with Gasteiger partial charge >= 0.3 is 5.97 Å². The van der Waals surface area contributed by atoms with Crippen molar-refractivity contribution in [3.05, 3.63) is 108 Å². The lowest BCUT2D eigenvalue weighted by atomic mass is 9.89. The summed E-state index contributed by atoms with van der Waals surface area (Å²) in [5.41, 5.74) is 1.63. The zero-order valence-electron chi connectivity index (χ0n) is 15.7. The topological polar surface area (TPSA) is 29.3 Å². The van der Waals surface area contributed by atoms with Crippen LogP contribution in [0.3, 0.4) is 0 Å². The van der Waals surface area contributed by atoms with Gasteiger partial charge in [0.25, 0.3) is 0 Å². The molecule has 1 aliphatic heterocycles. The second-order valence-corrected chi connectivity index (χ2v) is 6.97. The van der Waals surface area contributed by atoms with Gasteiger partial charge in [-0.15, -0.1) is 0 Å². The maximum Gasteiger partial charge on any atom is 0.323 e. The molecule has 3 aromatic carbocycles. The lowest BCUT2D eigenvalue weighted by molar-refractivity contribution is -0.145. The van der Waals surface area contributed by atoms with Crippen LogP contribution in [0.5, 0.6) is 0 Å². The van der Waals surface area contributed by atoms with E-state index in [0.29, 0.717) is 6.42 Å². The number of rotatable bonds is 6. The van der Waals surface area contributed by atoms with Gasteiger partial charge in [0.15, 0.2) is 6.30 Å². The average Bonchev–Trinajstić information content (AvgIpc) is 3.39. The Labute approximate surface area is 164 Å². The number of benzene rings is 3. The number of ether oxygens (including phenoxy) is 1. The lowest BCUT2D eigenvalue weighted by Crippen LogP contribution is -2.36. The van der Waals surface area contributed by atoms with E-state index in [1.165, 1.54) is 7.11 Å². The lowest BCUT2D eigenvalue weighted by Gasteiger charge is -2.23. The Morgan fingerprint density at radius 1 is 0.929 bits per heavy atom. The fraction of sp³-hybridized carbons (Fsp3) is 0.208. The Hall–Kier alpha value is -2.98. The number of esters is 1. The van der Waals surface area contributed by atoms with Crippen LogP contribution >= 0.6 is 0 Å². The average molecular weight is 375 g/mol. The van der Waals surface area contributed by atoms with Crippen LogP contribution in [0.1, 0.15) is 16.7 Å². The van der Waals surface area contributed by atoms with Gasteiger partial charge in [0, 0.05) is 0 Å². The van der Waals surface area contributed by atoms with E-state index in [1.54, 1.807) is 4.90 Å². The Morgan fingerprint density at radius 3 is 1.86 bits per heavy atom. The quantitative estimate of drug-likeness (QED) is 0.365. The van der Waals surface area contributed by atoms with E-state index >= 15 is 4.39 Å². The van der Waals surface area contributed by atoms with Crippen molar-refractivity contribution < 1.29 is 13.9 Å². The first-order chi connectivity index (χ1) is 13.7. The van der Waals surface area contributed by atoms with E-state index in [-0.39, 0.29) is 0 Å². The smallest absolute Gasteiger partial charge is 0.323 e. The third-order valence-corrected chi connectivity index (χ3v) is 5.44. The Bertz CT molecular complexity index is 891. The minimum Gasteiger partial charge on any atom is -0.468 e. The number of halogens is 1. The molecule has 3 unspecified atom stereocenters. The minimum atomic E-state index is -1.31. The Kier molecular flexibility index (Phi) is 4.97. The van der Waals surface area contributed by atoms with Crippen LogP contribution in [-0.4, -0.2) is 30.3 Å². The van der Waals surface area contributed by atoms with E-state index in [4.69, 9.17) is 4.74 Å². The van der Waals surface area contributed by atoms with Gasteiger partial charge in [-0.2, -0.15) is 0 Å². The molecule has 4 rings (SSSR count). The van der Waals surface area contributed by atoms with Gasteiger partial charge in [-0.25, -0.2) is 9.29 Å². The van der Waals surface area contributed by atoms with E-state index in [2.05, 4.69) is 0 Å². The van der Waals surface area contributed by atoms with Crippen molar-refractivity contribution in [1.29, 1.82) is 0 Å². The molecular formula is C24H22FNO2. The third-order valence-electron chi connectivity index (χ3n) is 5.44. The third kappa shape index (κ3) is 3.00. The van der Waals surface area contributed by atoms with Gasteiger partial charge in [-0.3, -0.25) is 4.79 Å². The van der Waals surface area contributed by atoms with Crippen LogP contribution in [0.15, 0.2) is 91.0 Å². The summed E-state index contributed by atoms with van der Waals surface area (Å²) in [6.07, 6.45) is -0.930. The summed E-state index contributed by atoms with van der Waals surface area (Å²) in [5.74, 6) is -0.430. The van der Waals surface area contributed by atoms with Gasteiger partial charge in [0.1, 0.15) is 11.6 Å². The second kappa shape index (κ2) is 7.56. The van der Waals surface area contributed by atoms with Gasteiger partial charge in [-0.1, -0.05) is 91.0 Å². The standard InChI is InChI=1S/C24H22FNO2/c1-28-22(27)21(17-18-11-5-2-6-12-18)26-23(25)24(26,19-13-7-3-8-14-19)20-15-9-4-10-16-20/h2-16,21,23H,17H2,1H3. The first kappa shape index (κ1) is 18.4. The van der Waals surface area contributed by atoms with Crippen molar-refractivity contribution in [2.75, 3.05) is 7.11 Å². The van der Waals surface area contributed by atoms with Crippen LogP contribution in [0.4, 0.5) is 4.39 Å². The molecule has 1 aliphatic rings. The number of carbonyl (C=O) groups is 1. The highest BCUT2D eigenvalue weighted by atomic mass is 19.1. The maximum atomic E-state index is 15.6. The predicted molar refractivity (Wildman–Crippen MR) is 106 cm³/mol. The summed E-state index contributed by atoms with van der Waals surface area (Å²) < 4.78 is 20.7. The van der Waals surface area contributed by atoms with Gasteiger partial charge < -0.3 is 4.74 Å². The fourth-order valence-electron chi connectivity index (χ4n) is 4.07. The Balaban J connectivity index is 1.79. The van der Waals surface area contributed by atoms with Crippen LogP contribution in [-0.2, 0) is 21.5 Å².